The molecule has 5 N–H and O–H groups in total. The summed E-state index contributed by atoms with van der Waals surface area (Å²) < 4.78 is 70.8. The van der Waals surface area contributed by atoms with Crippen LogP contribution < -0.4 is 41.2 Å². The Kier molecular flexibility index (Phi) is 23.6. The number of aromatic amines is 1. The van der Waals surface area contributed by atoms with Crippen LogP contribution in [0.5, 0.6) is 11.5 Å². The number of methoxy groups -OCH3 is 3. The van der Waals surface area contributed by atoms with Crippen LogP contribution in [0, 0.1) is 5.92 Å². The maximum atomic E-state index is 14.2. The van der Waals surface area contributed by atoms with Crippen LogP contribution in [0.15, 0.2) is 114 Å². The first-order valence-electron chi connectivity index (χ1n) is 29.0. The zero-order valence-electron chi connectivity index (χ0n) is 50.5. The van der Waals surface area contributed by atoms with Crippen molar-refractivity contribution in [3.8, 4) is 11.5 Å². The molecule has 1 aliphatic rings. The Bertz CT molecular complexity index is 3510. The monoisotopic (exact) mass is 1250 g/mol. The molecule has 0 radical (unpaired) electrons. The van der Waals surface area contributed by atoms with Crippen molar-refractivity contribution in [1.29, 1.82) is 0 Å². The number of anilines is 2. The third-order valence-electron chi connectivity index (χ3n) is 14.8. The lowest BCUT2D eigenvalue weighted by atomic mass is 9.80. The van der Waals surface area contributed by atoms with E-state index in [1.54, 1.807) is 33.0 Å². The fraction of sp³-hybridized carbons (Fsp3) is 0.397. The molecular formula is C63H71F3N10O14. The van der Waals surface area contributed by atoms with Crippen molar-refractivity contribution in [2.24, 2.45) is 5.92 Å². The molecule has 3 atom stereocenters. The Balaban J connectivity index is 0.941. The summed E-state index contributed by atoms with van der Waals surface area (Å²) >= 11 is 0. The fourth-order valence-corrected chi connectivity index (χ4v) is 9.99. The van der Waals surface area contributed by atoms with Gasteiger partial charge in [-0.15, -0.1) is 0 Å². The smallest absolute Gasteiger partial charge is 0.471 e. The van der Waals surface area contributed by atoms with Crippen LogP contribution in [0.3, 0.4) is 0 Å². The van der Waals surface area contributed by atoms with Gasteiger partial charge in [-0.05, 0) is 84.5 Å². The number of rotatable bonds is 29. The molecule has 7 rings (SSSR count). The molecule has 6 amide bonds. The van der Waals surface area contributed by atoms with Crippen LogP contribution in [0.4, 0.5) is 24.8 Å². The number of hydrogen-bond donors (Lipinski definition) is 5. The normalized spacial score (nSPS) is 14.3. The van der Waals surface area contributed by atoms with Gasteiger partial charge in [0.25, 0.3) is 11.5 Å². The van der Waals surface area contributed by atoms with Gasteiger partial charge in [0, 0.05) is 56.4 Å². The van der Waals surface area contributed by atoms with Crippen molar-refractivity contribution < 1.29 is 75.2 Å². The van der Waals surface area contributed by atoms with Gasteiger partial charge in [-0.1, -0.05) is 74.9 Å². The van der Waals surface area contributed by atoms with E-state index in [0.29, 0.717) is 35.7 Å². The van der Waals surface area contributed by atoms with Crippen LogP contribution in [0.25, 0.3) is 11.2 Å². The summed E-state index contributed by atoms with van der Waals surface area (Å²) in [4.78, 5) is 133. The summed E-state index contributed by atoms with van der Waals surface area (Å²) in [6.45, 7) is 2.70. The Morgan fingerprint density at radius 3 is 2.01 bits per heavy atom. The number of unbranched alkanes of at least 4 members (excludes halogenated alkanes) is 2. The van der Waals surface area contributed by atoms with Crippen molar-refractivity contribution >= 4 is 70.2 Å². The molecule has 0 saturated carbocycles. The van der Waals surface area contributed by atoms with E-state index in [2.05, 4.69) is 41.2 Å². The largest absolute Gasteiger partial charge is 0.497 e. The Morgan fingerprint density at radius 2 is 1.41 bits per heavy atom. The second-order valence-electron chi connectivity index (χ2n) is 21.3. The average molecular weight is 1250 g/mol. The van der Waals surface area contributed by atoms with E-state index in [9.17, 15) is 56.3 Å². The number of alkyl halides is 3. The van der Waals surface area contributed by atoms with Crippen molar-refractivity contribution in [2.45, 2.75) is 108 Å². The molecule has 4 aromatic carbocycles. The van der Waals surface area contributed by atoms with E-state index >= 15 is 0 Å². The molecule has 478 valence electrons. The number of likely N-dealkylation sites (tertiary alicyclic amines) is 1. The summed E-state index contributed by atoms with van der Waals surface area (Å²) in [5.74, 6) is -5.49. The molecule has 0 unspecified atom stereocenters. The summed E-state index contributed by atoms with van der Waals surface area (Å²) in [5, 5.41) is 10.2. The van der Waals surface area contributed by atoms with Crippen LogP contribution in [-0.4, -0.2) is 145 Å². The molecule has 0 spiro atoms. The van der Waals surface area contributed by atoms with Crippen LogP contribution in [-0.2, 0) is 59.9 Å². The maximum Gasteiger partial charge on any atom is 0.471 e. The summed E-state index contributed by atoms with van der Waals surface area (Å²) in [5.41, 5.74) is -1.04. The SMILES string of the molecule is CNC(=O)CCC(=O)O[C@@H]1C[C@@H](COC(c2ccccc2)(c2ccc(OC)cc2)c2ccc(OC)cc2)N(C(=O)CCCCCNC(=O)CC[C@H](NC(=O)c2ccc(N(Cc3cnc4nc(NC(=O)C(C)C)[nH]c(=O)c4n3)C(=O)C(F)(F)F)cc2)C(=O)OC)C1. The molecule has 0 bridgehead atoms. The molecule has 1 saturated heterocycles. The third kappa shape index (κ3) is 17.7. The number of esters is 2. The van der Waals surface area contributed by atoms with Crippen LogP contribution >= 0.6 is 0 Å². The number of H-pyrrole nitrogens is 1. The number of aromatic nitrogens is 4. The number of nitrogens with one attached hydrogen (secondary N) is 5. The first kappa shape index (κ1) is 67.7. The first-order valence-corrected chi connectivity index (χ1v) is 29.0. The lowest BCUT2D eigenvalue weighted by molar-refractivity contribution is -0.170. The third-order valence-corrected chi connectivity index (χ3v) is 14.8. The zero-order valence-corrected chi connectivity index (χ0v) is 50.5. The number of halogens is 3. The molecule has 24 nitrogen and oxygen atoms in total. The predicted octanol–water partition coefficient (Wildman–Crippen LogP) is 6.20. The van der Waals surface area contributed by atoms with Gasteiger partial charge < -0.3 is 44.5 Å². The summed E-state index contributed by atoms with van der Waals surface area (Å²) in [7, 11) is 5.71. The topological polar surface area (TPSA) is 309 Å². The number of carbonyl (C=O) groups excluding carboxylic acids is 8. The van der Waals surface area contributed by atoms with Crippen molar-refractivity contribution in [1.82, 2.24) is 40.8 Å². The van der Waals surface area contributed by atoms with Gasteiger partial charge in [-0.3, -0.25) is 53.6 Å². The number of carbonyl (C=O) groups is 8. The lowest BCUT2D eigenvalue weighted by Crippen LogP contribution is -2.42. The molecule has 90 heavy (non-hydrogen) atoms. The second-order valence-corrected chi connectivity index (χ2v) is 21.3. The van der Waals surface area contributed by atoms with Crippen molar-refractivity contribution in [3.05, 3.63) is 148 Å². The Labute approximate surface area is 515 Å². The van der Waals surface area contributed by atoms with Gasteiger partial charge in [0.2, 0.25) is 29.6 Å². The first-order chi connectivity index (χ1) is 43.1. The summed E-state index contributed by atoms with van der Waals surface area (Å²) in [6.07, 6.45) is -3.93. The van der Waals surface area contributed by atoms with Gasteiger partial charge in [0.1, 0.15) is 29.2 Å². The maximum absolute atomic E-state index is 14.2. The summed E-state index contributed by atoms with van der Waals surface area (Å²) in [6, 6.07) is 27.1. The van der Waals surface area contributed by atoms with E-state index in [1.165, 1.54) is 7.05 Å². The highest BCUT2D eigenvalue weighted by Crippen LogP contribution is 2.43. The predicted molar refractivity (Wildman–Crippen MR) is 321 cm³/mol. The minimum Gasteiger partial charge on any atom is -0.497 e. The second kappa shape index (κ2) is 31.4. The molecular weight excluding hydrogens is 1180 g/mol. The molecule has 1 fully saturated rings. The number of fused-ring (bicyclic) bond motifs is 1. The highest BCUT2D eigenvalue weighted by atomic mass is 19.4. The average Bonchev–Trinajstić information content (AvgIpc) is 0.878. The number of nitrogens with zero attached hydrogens (tertiary/aromatic N) is 5. The highest BCUT2D eigenvalue weighted by molar-refractivity contribution is 6.00. The Morgan fingerprint density at radius 1 is 0.767 bits per heavy atom. The van der Waals surface area contributed by atoms with Crippen molar-refractivity contribution in [3.63, 3.8) is 0 Å². The van der Waals surface area contributed by atoms with E-state index in [-0.39, 0.29) is 104 Å². The van der Waals surface area contributed by atoms with Gasteiger partial charge in [0.05, 0.1) is 65.4 Å². The molecule has 3 heterocycles. The quantitative estimate of drug-likeness (QED) is 0.0198. The van der Waals surface area contributed by atoms with E-state index < -0.39 is 83.6 Å². The van der Waals surface area contributed by atoms with E-state index in [4.69, 9.17) is 23.7 Å². The standard InChI is InChI=1S/C63H71F3N10O14/c1-38(2)56(81)73-61-72-55-54(58(83)74-61)70-43(34-69-55)35-76(60(85)63(64,65)66)44-22-16-39(17-23-44)57(82)71-49(59(84)88-6)28-29-51(78)68-32-12-8-11-15-52(79)75-36-48(90-53(80)31-30-50(77)67-3)33-45(75)37-89-62(40-13-9-7-10-14-40,41-18-24-46(86-4)25-19-41)42-20-26-47(87-5)27-21-42/h7,9-10,13-14,16-27,34,38,45,48-49H,8,11-12,15,28-33,35-37H2,1-6H3,(H,67,77)(H,68,78)(H,71,82)(H2,69,72,73,74,81,83)/t45-,48+,49-/m0/s1. The molecule has 6 aromatic rings. The fourth-order valence-electron chi connectivity index (χ4n) is 9.99. The number of ether oxygens (including phenoxy) is 5. The van der Waals surface area contributed by atoms with Gasteiger partial charge >= 0.3 is 24.0 Å². The van der Waals surface area contributed by atoms with Gasteiger partial charge in [-0.2, -0.15) is 18.2 Å². The molecule has 27 heteroatoms. The van der Waals surface area contributed by atoms with E-state index in [1.807, 2.05) is 78.9 Å². The number of benzene rings is 4. The van der Waals surface area contributed by atoms with Crippen molar-refractivity contribution in [2.75, 3.05) is 58.3 Å². The minimum atomic E-state index is -5.37. The molecule has 1 aliphatic heterocycles. The lowest BCUT2D eigenvalue weighted by Gasteiger charge is -2.38. The number of hydrogen-bond acceptors (Lipinski definition) is 17. The van der Waals surface area contributed by atoms with Crippen LogP contribution in [0.1, 0.15) is 104 Å². The van der Waals surface area contributed by atoms with E-state index in [0.717, 1.165) is 54.3 Å². The number of amides is 6. The zero-order chi connectivity index (χ0) is 65.1. The van der Waals surface area contributed by atoms with Gasteiger partial charge in [0.15, 0.2) is 11.2 Å². The molecule has 0 aliphatic carbocycles. The molecule has 2 aromatic heterocycles. The van der Waals surface area contributed by atoms with Gasteiger partial charge in [-0.25, -0.2) is 14.8 Å². The van der Waals surface area contributed by atoms with Crippen LogP contribution in [0.2, 0.25) is 0 Å². The Hall–Kier alpha value is -9.79. The minimum absolute atomic E-state index is 0.0166. The highest BCUT2D eigenvalue weighted by Gasteiger charge is 2.45.